The van der Waals surface area contributed by atoms with Crippen molar-refractivity contribution in [2.24, 2.45) is 5.92 Å². The highest BCUT2D eigenvalue weighted by Gasteiger charge is 2.28. The minimum absolute atomic E-state index is 0.0721. The summed E-state index contributed by atoms with van der Waals surface area (Å²) in [6.07, 6.45) is 2.68. The van der Waals surface area contributed by atoms with Gasteiger partial charge in [0.05, 0.1) is 17.8 Å². The van der Waals surface area contributed by atoms with Gasteiger partial charge in [0.15, 0.2) is 0 Å². The molecule has 0 aliphatic carbocycles. The van der Waals surface area contributed by atoms with E-state index in [-0.39, 0.29) is 18.4 Å². The van der Waals surface area contributed by atoms with Gasteiger partial charge in [-0.25, -0.2) is 4.79 Å². The molecule has 1 aliphatic heterocycles. The van der Waals surface area contributed by atoms with Crippen LogP contribution in [0.3, 0.4) is 0 Å². The number of carbonyl (C=O) groups is 1. The standard InChI is InChI=1S/C26H28FN3O2/c1-18(21-10-5-7-19(13-21)14-25(31)32-27)16-30-26(20-8-3-2-4-9-20)22-15-24-23(29-17-22)11-6-12-28-24/h2-13,18,22,26,29-30H,14-17H2,1H3/t18-,22?,26-/m0/s1. The number of hydrogen-bond donors (Lipinski definition) is 2. The second-order valence-electron chi connectivity index (χ2n) is 8.41. The number of fused-ring (bicyclic) bond motifs is 1. The second kappa shape index (κ2) is 10.4. The fraction of sp³-hybridized carbons (Fsp3) is 0.308. The van der Waals surface area contributed by atoms with Crippen LogP contribution >= 0.6 is 0 Å². The Balaban J connectivity index is 1.48. The predicted octanol–water partition coefficient (Wildman–Crippen LogP) is 4.77. The zero-order valence-corrected chi connectivity index (χ0v) is 18.1. The molecule has 0 saturated carbocycles. The maximum Gasteiger partial charge on any atom is 0.353 e. The number of halogens is 1. The van der Waals surface area contributed by atoms with E-state index in [4.69, 9.17) is 0 Å². The number of benzene rings is 2. The van der Waals surface area contributed by atoms with Gasteiger partial charge in [-0.05, 0) is 41.2 Å². The summed E-state index contributed by atoms with van der Waals surface area (Å²) in [6.45, 7) is 3.79. The van der Waals surface area contributed by atoms with Crippen molar-refractivity contribution >= 4 is 11.7 Å². The third-order valence-corrected chi connectivity index (χ3v) is 6.13. The lowest BCUT2D eigenvalue weighted by atomic mass is 9.86. The van der Waals surface area contributed by atoms with E-state index in [0.29, 0.717) is 5.92 Å². The van der Waals surface area contributed by atoms with Gasteiger partial charge in [0, 0.05) is 35.8 Å². The van der Waals surface area contributed by atoms with Crippen molar-refractivity contribution < 1.29 is 14.3 Å². The molecule has 0 spiro atoms. The van der Waals surface area contributed by atoms with Gasteiger partial charge in [0.25, 0.3) is 0 Å². The van der Waals surface area contributed by atoms with E-state index in [1.165, 1.54) is 5.56 Å². The first kappa shape index (κ1) is 22.0. The van der Waals surface area contributed by atoms with Crippen LogP contribution in [0, 0.1) is 5.92 Å². The van der Waals surface area contributed by atoms with Crippen LogP contribution in [0.4, 0.5) is 10.2 Å². The SMILES string of the molecule is C[C@@H](CN[C@@H](c1ccccc1)C1CNc2cccnc2C1)c1cccc(CC(=O)OF)c1. The van der Waals surface area contributed by atoms with E-state index in [0.717, 1.165) is 42.0 Å². The van der Waals surface area contributed by atoms with Crippen molar-refractivity contribution in [3.05, 3.63) is 95.3 Å². The molecule has 0 bridgehead atoms. The molecule has 4 rings (SSSR count). The molecule has 0 fully saturated rings. The van der Waals surface area contributed by atoms with Gasteiger partial charge in [-0.3, -0.25) is 9.93 Å². The van der Waals surface area contributed by atoms with Gasteiger partial charge < -0.3 is 10.6 Å². The van der Waals surface area contributed by atoms with E-state index >= 15 is 0 Å². The molecule has 166 valence electrons. The summed E-state index contributed by atoms with van der Waals surface area (Å²) in [5.41, 5.74) is 5.32. The van der Waals surface area contributed by atoms with Crippen molar-refractivity contribution in [2.75, 3.05) is 18.4 Å². The van der Waals surface area contributed by atoms with Crippen LogP contribution in [0.2, 0.25) is 0 Å². The van der Waals surface area contributed by atoms with Crippen LogP contribution in [-0.2, 0) is 22.6 Å². The van der Waals surface area contributed by atoms with Crippen LogP contribution in [-0.4, -0.2) is 24.0 Å². The average molecular weight is 434 g/mol. The van der Waals surface area contributed by atoms with Crippen molar-refractivity contribution in [1.82, 2.24) is 10.3 Å². The van der Waals surface area contributed by atoms with Crippen LogP contribution in [0.5, 0.6) is 0 Å². The monoisotopic (exact) mass is 433 g/mol. The summed E-state index contributed by atoms with van der Waals surface area (Å²) in [5, 5.41) is 7.32. The van der Waals surface area contributed by atoms with Gasteiger partial charge in [-0.1, -0.05) is 61.5 Å². The number of anilines is 1. The van der Waals surface area contributed by atoms with Gasteiger partial charge in [0.1, 0.15) is 0 Å². The second-order valence-corrected chi connectivity index (χ2v) is 8.41. The molecule has 6 heteroatoms. The predicted molar refractivity (Wildman–Crippen MR) is 123 cm³/mol. The van der Waals surface area contributed by atoms with E-state index < -0.39 is 5.97 Å². The van der Waals surface area contributed by atoms with Crippen LogP contribution in [0.15, 0.2) is 72.9 Å². The Hall–Kier alpha value is -3.25. The fourth-order valence-electron chi connectivity index (χ4n) is 4.40. The molecule has 5 nitrogen and oxygen atoms in total. The summed E-state index contributed by atoms with van der Waals surface area (Å²) in [4.78, 5) is 19.2. The maximum atomic E-state index is 12.1. The average Bonchev–Trinajstić information content (AvgIpc) is 2.84. The highest BCUT2D eigenvalue weighted by atomic mass is 19.3. The molecule has 3 atom stereocenters. The molecule has 0 radical (unpaired) electrons. The third kappa shape index (κ3) is 5.32. The zero-order chi connectivity index (χ0) is 22.3. The van der Waals surface area contributed by atoms with E-state index in [2.05, 4.69) is 57.8 Å². The lowest BCUT2D eigenvalue weighted by Crippen LogP contribution is -2.37. The van der Waals surface area contributed by atoms with Gasteiger partial charge in [-0.15, -0.1) is 0 Å². The summed E-state index contributed by atoms with van der Waals surface area (Å²) in [6, 6.07) is 22.4. The molecular formula is C26H28FN3O2. The molecule has 1 unspecified atom stereocenters. The summed E-state index contributed by atoms with van der Waals surface area (Å²) in [7, 11) is 0. The Kier molecular flexibility index (Phi) is 7.12. The van der Waals surface area contributed by atoms with E-state index in [1.54, 1.807) is 0 Å². The molecule has 0 saturated heterocycles. The van der Waals surface area contributed by atoms with E-state index in [1.807, 2.05) is 42.6 Å². The minimum Gasteiger partial charge on any atom is -0.383 e. The summed E-state index contributed by atoms with van der Waals surface area (Å²) < 4.78 is 12.1. The molecule has 32 heavy (non-hydrogen) atoms. The van der Waals surface area contributed by atoms with Crippen molar-refractivity contribution in [1.29, 1.82) is 0 Å². The molecule has 0 amide bonds. The number of hydrogen-bond acceptors (Lipinski definition) is 5. The Morgan fingerprint density at radius 2 is 1.97 bits per heavy atom. The molecule has 1 aromatic heterocycles. The van der Waals surface area contributed by atoms with Crippen LogP contribution in [0.1, 0.15) is 41.3 Å². The number of nitrogens with one attached hydrogen (secondary N) is 2. The third-order valence-electron chi connectivity index (χ3n) is 6.13. The largest absolute Gasteiger partial charge is 0.383 e. The molecule has 2 heterocycles. The van der Waals surface area contributed by atoms with Crippen molar-refractivity contribution in [3.8, 4) is 0 Å². The first-order valence-corrected chi connectivity index (χ1v) is 11.0. The normalized spacial score (nSPS) is 17.0. The highest BCUT2D eigenvalue weighted by molar-refractivity contribution is 5.71. The molecule has 1 aliphatic rings. The molecule has 2 N–H and O–H groups in total. The van der Waals surface area contributed by atoms with Crippen LogP contribution in [0.25, 0.3) is 0 Å². The van der Waals surface area contributed by atoms with Gasteiger partial charge in [-0.2, -0.15) is 0 Å². The molecule has 3 aromatic rings. The number of nitrogens with zero attached hydrogens (tertiary/aromatic N) is 1. The molecular weight excluding hydrogens is 405 g/mol. The maximum absolute atomic E-state index is 12.1. The quantitative estimate of drug-likeness (QED) is 0.536. The Labute approximate surface area is 187 Å². The Morgan fingerprint density at radius 3 is 2.78 bits per heavy atom. The first-order valence-electron chi connectivity index (χ1n) is 11.0. The highest BCUT2D eigenvalue weighted by Crippen LogP contribution is 2.31. The fourth-order valence-corrected chi connectivity index (χ4v) is 4.40. The minimum atomic E-state index is -0.879. The number of rotatable bonds is 8. The lowest BCUT2D eigenvalue weighted by molar-refractivity contribution is -0.182. The number of aromatic nitrogens is 1. The van der Waals surface area contributed by atoms with Gasteiger partial charge >= 0.3 is 5.97 Å². The molecule has 2 aromatic carbocycles. The smallest absolute Gasteiger partial charge is 0.353 e. The van der Waals surface area contributed by atoms with E-state index in [9.17, 15) is 9.32 Å². The summed E-state index contributed by atoms with van der Waals surface area (Å²) >= 11 is 0. The number of carbonyl (C=O) groups excluding carboxylic acids is 1. The Morgan fingerprint density at radius 1 is 1.16 bits per heavy atom. The summed E-state index contributed by atoms with van der Waals surface area (Å²) in [5.74, 6) is -0.307. The van der Waals surface area contributed by atoms with Crippen molar-refractivity contribution in [3.63, 3.8) is 0 Å². The van der Waals surface area contributed by atoms with Gasteiger partial charge in [0.2, 0.25) is 0 Å². The topological polar surface area (TPSA) is 63.2 Å². The van der Waals surface area contributed by atoms with Crippen LogP contribution < -0.4 is 10.6 Å². The van der Waals surface area contributed by atoms with Crippen molar-refractivity contribution in [2.45, 2.75) is 31.7 Å². The lowest BCUT2D eigenvalue weighted by Gasteiger charge is -2.33. The zero-order valence-electron chi connectivity index (χ0n) is 18.1. The first-order chi connectivity index (χ1) is 15.6. The number of pyridine rings is 1. The Bertz CT molecular complexity index is 1040.